The zero-order valence-corrected chi connectivity index (χ0v) is 35.5. The predicted octanol–water partition coefficient (Wildman–Crippen LogP) is 16.4. The second-order valence-electron chi connectivity index (χ2n) is 16.5. The molecule has 0 aliphatic heterocycles. The molecular weight excluding hydrogens is 787 g/mol. The predicted molar refractivity (Wildman–Crippen MR) is 272 cm³/mol. The molecule has 12 aromatic rings. The lowest BCUT2D eigenvalue weighted by molar-refractivity contribution is 1.17. The Balaban J connectivity index is 1.05. The van der Waals surface area contributed by atoms with Gasteiger partial charge in [-0.15, -0.1) is 0 Å². The SMILES string of the molecule is c1ccc(-c2cc(-c3ccc(-c4ccc(-c5ccccc5)c(-c5ccccc5)c4-c4ccccc4)cc3)nc(-c3cccc4c3c3cc5ccccc5cc3n4-c3ccccc3)n2)cc1. The van der Waals surface area contributed by atoms with Gasteiger partial charge >= 0.3 is 0 Å². The zero-order chi connectivity index (χ0) is 43.1. The molecule has 0 aliphatic rings. The summed E-state index contributed by atoms with van der Waals surface area (Å²) >= 11 is 0. The highest BCUT2D eigenvalue weighted by Crippen LogP contribution is 2.46. The molecule has 0 N–H and O–H groups in total. The van der Waals surface area contributed by atoms with E-state index in [1.165, 1.54) is 55.1 Å². The topological polar surface area (TPSA) is 30.7 Å². The van der Waals surface area contributed by atoms with Crippen molar-refractivity contribution in [1.82, 2.24) is 14.5 Å². The van der Waals surface area contributed by atoms with Crippen LogP contribution in [0.4, 0.5) is 0 Å². The fourth-order valence-corrected chi connectivity index (χ4v) is 9.60. The Hall–Kier alpha value is -8.66. The van der Waals surface area contributed by atoms with Crippen molar-refractivity contribution in [3.63, 3.8) is 0 Å². The van der Waals surface area contributed by atoms with E-state index >= 15 is 0 Å². The van der Waals surface area contributed by atoms with Gasteiger partial charge in [0.25, 0.3) is 0 Å². The van der Waals surface area contributed by atoms with Gasteiger partial charge in [-0.3, -0.25) is 0 Å². The van der Waals surface area contributed by atoms with Crippen molar-refractivity contribution in [2.45, 2.75) is 0 Å². The summed E-state index contributed by atoms with van der Waals surface area (Å²) in [4.78, 5) is 10.8. The van der Waals surface area contributed by atoms with Gasteiger partial charge in [-0.1, -0.05) is 212 Å². The third kappa shape index (κ3) is 6.87. The molecule has 0 spiro atoms. The third-order valence-electron chi connectivity index (χ3n) is 12.6. The molecule has 3 heteroatoms. The summed E-state index contributed by atoms with van der Waals surface area (Å²) in [5, 5.41) is 4.70. The van der Waals surface area contributed by atoms with Gasteiger partial charge in [-0.25, -0.2) is 9.97 Å². The summed E-state index contributed by atoms with van der Waals surface area (Å²) in [5.41, 5.74) is 17.6. The number of nitrogens with zero attached hydrogens (tertiary/aromatic N) is 3. The second-order valence-corrected chi connectivity index (χ2v) is 16.5. The van der Waals surface area contributed by atoms with Gasteiger partial charge in [0, 0.05) is 33.2 Å². The van der Waals surface area contributed by atoms with Crippen molar-refractivity contribution in [2.24, 2.45) is 0 Å². The Labute approximate surface area is 378 Å². The first-order valence-electron chi connectivity index (χ1n) is 22.2. The van der Waals surface area contributed by atoms with Gasteiger partial charge in [-0.05, 0) is 91.7 Å². The van der Waals surface area contributed by atoms with E-state index in [1.807, 2.05) is 6.07 Å². The summed E-state index contributed by atoms with van der Waals surface area (Å²) < 4.78 is 2.38. The van der Waals surface area contributed by atoms with E-state index in [0.717, 1.165) is 55.7 Å². The minimum atomic E-state index is 0.687. The number of fused-ring (bicyclic) bond motifs is 4. The van der Waals surface area contributed by atoms with Crippen molar-refractivity contribution in [2.75, 3.05) is 0 Å². The maximum absolute atomic E-state index is 5.45. The van der Waals surface area contributed by atoms with E-state index in [9.17, 15) is 0 Å². The highest BCUT2D eigenvalue weighted by molar-refractivity contribution is 6.18. The molecule has 0 bridgehead atoms. The molecule has 0 saturated carbocycles. The molecule has 0 unspecified atom stereocenters. The van der Waals surface area contributed by atoms with Crippen molar-refractivity contribution < 1.29 is 0 Å². The molecule has 2 heterocycles. The molecule has 0 fully saturated rings. The first-order valence-corrected chi connectivity index (χ1v) is 22.2. The lowest BCUT2D eigenvalue weighted by atomic mass is 9.83. The molecule has 65 heavy (non-hydrogen) atoms. The lowest BCUT2D eigenvalue weighted by Crippen LogP contribution is -1.97. The van der Waals surface area contributed by atoms with Crippen LogP contribution >= 0.6 is 0 Å². The number of benzene rings is 10. The van der Waals surface area contributed by atoms with E-state index in [4.69, 9.17) is 9.97 Å². The monoisotopic (exact) mass is 827 g/mol. The standard InChI is InChI=1S/C62H41N3/c1-6-19-42(20-7-1)51-37-38-52(60(47-25-12-4-13-26-47)59(51)46-23-10-3-11-24-46)43-33-35-45(36-34-43)56-41-55(44-21-8-2-9-22-44)63-62(64-56)53-31-18-32-57-61(53)54-39-48-27-16-17-28-49(48)40-58(54)65(57)50-29-14-5-15-30-50/h1-41H. The van der Waals surface area contributed by atoms with E-state index in [0.29, 0.717) is 5.82 Å². The van der Waals surface area contributed by atoms with Crippen LogP contribution in [-0.4, -0.2) is 14.5 Å². The average molecular weight is 828 g/mol. The molecular formula is C62H41N3. The highest BCUT2D eigenvalue weighted by Gasteiger charge is 2.22. The van der Waals surface area contributed by atoms with Crippen LogP contribution in [0.1, 0.15) is 0 Å². The van der Waals surface area contributed by atoms with Crippen LogP contribution in [-0.2, 0) is 0 Å². The number of hydrogen-bond donors (Lipinski definition) is 0. The number of rotatable bonds is 8. The maximum atomic E-state index is 5.45. The van der Waals surface area contributed by atoms with Crippen molar-refractivity contribution in [1.29, 1.82) is 0 Å². The van der Waals surface area contributed by atoms with E-state index in [-0.39, 0.29) is 0 Å². The van der Waals surface area contributed by atoms with Crippen molar-refractivity contribution >= 4 is 32.6 Å². The van der Waals surface area contributed by atoms with Crippen LogP contribution in [0.5, 0.6) is 0 Å². The number of aromatic nitrogens is 3. The number of para-hydroxylation sites is 1. The van der Waals surface area contributed by atoms with Crippen molar-refractivity contribution in [3.8, 4) is 84.1 Å². The van der Waals surface area contributed by atoms with Gasteiger partial charge in [0.05, 0.1) is 22.4 Å². The fourth-order valence-electron chi connectivity index (χ4n) is 9.60. The molecule has 2 aromatic heterocycles. The summed E-state index contributed by atoms with van der Waals surface area (Å²) in [6.07, 6.45) is 0. The van der Waals surface area contributed by atoms with Crippen LogP contribution in [0, 0.1) is 0 Å². The van der Waals surface area contributed by atoms with Crippen LogP contribution in [0.25, 0.3) is 117 Å². The molecule has 0 radical (unpaired) electrons. The molecule has 3 nitrogen and oxygen atoms in total. The summed E-state index contributed by atoms with van der Waals surface area (Å²) in [6, 6.07) is 88.8. The van der Waals surface area contributed by atoms with E-state index < -0.39 is 0 Å². The van der Waals surface area contributed by atoms with E-state index in [1.54, 1.807) is 0 Å². The van der Waals surface area contributed by atoms with Crippen LogP contribution in [0.3, 0.4) is 0 Å². The Morgan fingerprint density at radius 1 is 0.292 bits per heavy atom. The number of hydrogen-bond acceptors (Lipinski definition) is 2. The van der Waals surface area contributed by atoms with Gasteiger partial charge < -0.3 is 4.57 Å². The summed E-state index contributed by atoms with van der Waals surface area (Å²) in [6.45, 7) is 0. The Morgan fingerprint density at radius 3 is 1.31 bits per heavy atom. The minimum Gasteiger partial charge on any atom is -0.309 e. The first-order chi connectivity index (χ1) is 32.2. The third-order valence-corrected chi connectivity index (χ3v) is 12.6. The normalized spacial score (nSPS) is 11.4. The van der Waals surface area contributed by atoms with Crippen molar-refractivity contribution in [3.05, 3.63) is 249 Å². The minimum absolute atomic E-state index is 0.687. The zero-order valence-electron chi connectivity index (χ0n) is 35.5. The lowest BCUT2D eigenvalue weighted by Gasteiger charge is -2.21. The summed E-state index contributed by atoms with van der Waals surface area (Å²) in [7, 11) is 0. The van der Waals surface area contributed by atoms with Gasteiger partial charge in [0.2, 0.25) is 0 Å². The Kier molecular flexibility index (Phi) is 9.50. The molecule has 12 rings (SSSR count). The molecule has 10 aromatic carbocycles. The second kappa shape index (κ2) is 16.2. The summed E-state index contributed by atoms with van der Waals surface area (Å²) in [5.74, 6) is 0.687. The Bertz CT molecular complexity index is 3660. The molecule has 0 atom stereocenters. The molecule has 0 saturated heterocycles. The van der Waals surface area contributed by atoms with Gasteiger partial charge in [0.1, 0.15) is 0 Å². The quantitative estimate of drug-likeness (QED) is 0.153. The molecule has 0 amide bonds. The van der Waals surface area contributed by atoms with Crippen LogP contribution < -0.4 is 0 Å². The maximum Gasteiger partial charge on any atom is 0.161 e. The van der Waals surface area contributed by atoms with E-state index in [2.05, 4.69) is 247 Å². The van der Waals surface area contributed by atoms with Gasteiger partial charge in [0.15, 0.2) is 5.82 Å². The smallest absolute Gasteiger partial charge is 0.161 e. The van der Waals surface area contributed by atoms with Crippen LogP contribution in [0.15, 0.2) is 249 Å². The van der Waals surface area contributed by atoms with Gasteiger partial charge in [-0.2, -0.15) is 0 Å². The molecule has 0 aliphatic carbocycles. The first kappa shape index (κ1) is 38.0. The largest absolute Gasteiger partial charge is 0.309 e. The highest BCUT2D eigenvalue weighted by atomic mass is 15.0. The molecule has 304 valence electrons. The average Bonchev–Trinajstić information content (AvgIpc) is 3.72. The Morgan fingerprint density at radius 2 is 0.738 bits per heavy atom. The van der Waals surface area contributed by atoms with Crippen LogP contribution in [0.2, 0.25) is 0 Å². The fraction of sp³-hybridized carbons (Fsp3) is 0.